The number of nitrogens with one attached hydrogen (secondary N) is 2. The van der Waals surface area contributed by atoms with Crippen LogP contribution in [0.15, 0.2) is 40.9 Å². The zero-order chi connectivity index (χ0) is 20.7. The third-order valence-electron chi connectivity index (χ3n) is 3.36. The molecule has 28 heavy (non-hydrogen) atoms. The van der Waals surface area contributed by atoms with Crippen molar-refractivity contribution in [1.29, 1.82) is 0 Å². The highest BCUT2D eigenvalue weighted by Gasteiger charge is 2.17. The van der Waals surface area contributed by atoms with Crippen LogP contribution in [0.4, 0.5) is 11.4 Å². The Bertz CT molecular complexity index is 912. The highest BCUT2D eigenvalue weighted by molar-refractivity contribution is 9.10. The molecule has 0 saturated heterocycles. The molecule has 0 fully saturated rings. The molecule has 8 nitrogen and oxygen atoms in total. The average Bonchev–Trinajstić information content (AvgIpc) is 2.64. The molecule has 2 N–H and O–H groups in total. The van der Waals surface area contributed by atoms with Gasteiger partial charge in [-0.1, -0.05) is 27.5 Å². The highest BCUT2D eigenvalue weighted by atomic mass is 79.9. The highest BCUT2D eigenvalue weighted by Crippen LogP contribution is 2.27. The maximum absolute atomic E-state index is 12.6. The first-order valence-corrected chi connectivity index (χ1v) is 9.37. The number of thiocarbonyl (C=S) groups is 1. The molecule has 11 heteroatoms. The van der Waals surface area contributed by atoms with Crippen molar-refractivity contribution in [3.05, 3.63) is 61.6 Å². The Balaban J connectivity index is 2.10. The standard InChI is InChI=1S/C17H15BrClN3O5S/c1-26-6-7-27-15-5-2-10(18)8-12(15)16(23)21-17(28)20-11-3-4-13(19)14(9-11)22(24)25/h2-5,8-9H,6-7H2,1H3,(H2,20,21,23,28). The van der Waals surface area contributed by atoms with Gasteiger partial charge in [0.25, 0.3) is 11.6 Å². The van der Waals surface area contributed by atoms with Crippen LogP contribution >= 0.6 is 39.7 Å². The number of amides is 1. The molecule has 0 aromatic heterocycles. The molecule has 1 amide bonds. The number of nitro groups is 1. The number of carbonyl (C=O) groups excluding carboxylic acids is 1. The number of methoxy groups -OCH3 is 1. The summed E-state index contributed by atoms with van der Waals surface area (Å²) in [5.41, 5.74) is 0.297. The first-order chi connectivity index (χ1) is 13.3. The summed E-state index contributed by atoms with van der Waals surface area (Å²) in [6.07, 6.45) is 0. The number of hydrogen-bond acceptors (Lipinski definition) is 6. The number of nitro benzene ring substituents is 1. The van der Waals surface area contributed by atoms with Gasteiger partial charge in [-0.15, -0.1) is 0 Å². The van der Waals surface area contributed by atoms with Gasteiger partial charge in [-0.2, -0.15) is 0 Å². The van der Waals surface area contributed by atoms with Crippen LogP contribution in [-0.4, -0.2) is 36.3 Å². The summed E-state index contributed by atoms with van der Waals surface area (Å²) in [6, 6.07) is 9.07. The summed E-state index contributed by atoms with van der Waals surface area (Å²) >= 11 is 14.2. The lowest BCUT2D eigenvalue weighted by Gasteiger charge is -2.13. The van der Waals surface area contributed by atoms with Crippen molar-refractivity contribution >= 4 is 62.1 Å². The molecule has 0 spiro atoms. The molecule has 0 aliphatic rings. The largest absolute Gasteiger partial charge is 0.490 e. The predicted octanol–water partition coefficient (Wildman–Crippen LogP) is 4.16. The zero-order valence-electron chi connectivity index (χ0n) is 14.5. The molecule has 0 radical (unpaired) electrons. The summed E-state index contributed by atoms with van der Waals surface area (Å²) in [6.45, 7) is 0.641. The van der Waals surface area contributed by atoms with Gasteiger partial charge in [0.2, 0.25) is 0 Å². The minimum absolute atomic E-state index is 0.00232. The minimum Gasteiger partial charge on any atom is -0.490 e. The van der Waals surface area contributed by atoms with E-state index in [-0.39, 0.29) is 28.0 Å². The first-order valence-electron chi connectivity index (χ1n) is 7.79. The van der Waals surface area contributed by atoms with Crippen molar-refractivity contribution in [1.82, 2.24) is 5.32 Å². The van der Waals surface area contributed by atoms with Crippen molar-refractivity contribution < 1.29 is 19.2 Å². The van der Waals surface area contributed by atoms with Crippen molar-refractivity contribution in [2.75, 3.05) is 25.6 Å². The molecule has 0 atom stereocenters. The van der Waals surface area contributed by atoms with E-state index in [9.17, 15) is 14.9 Å². The van der Waals surface area contributed by atoms with Gasteiger partial charge in [-0.05, 0) is 42.5 Å². The summed E-state index contributed by atoms with van der Waals surface area (Å²) in [4.78, 5) is 22.9. The summed E-state index contributed by atoms with van der Waals surface area (Å²) in [5.74, 6) is -0.141. The van der Waals surface area contributed by atoms with Gasteiger partial charge in [-0.25, -0.2) is 0 Å². The molecule has 0 aliphatic carbocycles. The number of nitrogens with zero attached hydrogens (tertiary/aromatic N) is 1. The Morgan fingerprint density at radius 2 is 2.04 bits per heavy atom. The van der Waals surface area contributed by atoms with Gasteiger partial charge in [0.1, 0.15) is 17.4 Å². The van der Waals surface area contributed by atoms with Gasteiger partial charge in [0.05, 0.1) is 17.1 Å². The summed E-state index contributed by atoms with van der Waals surface area (Å²) in [7, 11) is 1.55. The average molecular weight is 489 g/mol. The van der Waals surface area contributed by atoms with E-state index < -0.39 is 10.8 Å². The first kappa shape index (κ1) is 22.0. The molecule has 0 bridgehead atoms. The lowest BCUT2D eigenvalue weighted by atomic mass is 10.2. The normalized spacial score (nSPS) is 10.2. The molecule has 2 aromatic rings. The smallest absolute Gasteiger partial charge is 0.289 e. The van der Waals surface area contributed by atoms with E-state index in [1.54, 1.807) is 25.3 Å². The second-order valence-corrected chi connectivity index (χ2v) is 7.04. The molecule has 0 aliphatic heterocycles. The molecule has 0 heterocycles. The maximum atomic E-state index is 12.6. The van der Waals surface area contributed by atoms with Crippen molar-refractivity contribution in [2.45, 2.75) is 0 Å². The third kappa shape index (κ3) is 6.13. The SMILES string of the molecule is COCCOc1ccc(Br)cc1C(=O)NC(=S)Nc1ccc(Cl)c([N+](=O)[O-])c1. The third-order valence-corrected chi connectivity index (χ3v) is 4.38. The maximum Gasteiger partial charge on any atom is 0.289 e. The van der Waals surface area contributed by atoms with Gasteiger partial charge in [0.15, 0.2) is 5.11 Å². The topological polar surface area (TPSA) is 103 Å². The van der Waals surface area contributed by atoms with Crippen LogP contribution in [-0.2, 0) is 4.74 Å². The van der Waals surface area contributed by atoms with Crippen LogP contribution in [0.5, 0.6) is 5.75 Å². The van der Waals surface area contributed by atoms with Crippen molar-refractivity contribution in [3.8, 4) is 5.75 Å². The van der Waals surface area contributed by atoms with Crippen LogP contribution < -0.4 is 15.4 Å². The fraction of sp³-hybridized carbons (Fsp3) is 0.176. The molecule has 2 rings (SSSR count). The van der Waals surface area contributed by atoms with E-state index in [1.165, 1.54) is 18.2 Å². The Hall–Kier alpha value is -2.27. The van der Waals surface area contributed by atoms with Crippen molar-refractivity contribution in [3.63, 3.8) is 0 Å². The fourth-order valence-electron chi connectivity index (χ4n) is 2.10. The van der Waals surface area contributed by atoms with Crippen molar-refractivity contribution in [2.24, 2.45) is 0 Å². The number of halogens is 2. The molecule has 2 aromatic carbocycles. The second kappa shape index (κ2) is 10.3. The van der Waals surface area contributed by atoms with Crippen LogP contribution in [0, 0.1) is 10.1 Å². The van der Waals surface area contributed by atoms with Gasteiger partial charge < -0.3 is 14.8 Å². The second-order valence-electron chi connectivity index (χ2n) is 5.31. The van der Waals surface area contributed by atoms with E-state index in [0.29, 0.717) is 22.5 Å². The zero-order valence-corrected chi connectivity index (χ0v) is 17.7. The Labute approximate surface area is 179 Å². The van der Waals surface area contributed by atoms with E-state index >= 15 is 0 Å². The fourth-order valence-corrected chi connectivity index (χ4v) is 2.86. The van der Waals surface area contributed by atoms with E-state index in [2.05, 4.69) is 26.6 Å². The molecule has 0 saturated carbocycles. The number of hydrogen-bond donors (Lipinski definition) is 2. The van der Waals surface area contributed by atoms with E-state index in [4.69, 9.17) is 33.3 Å². The predicted molar refractivity (Wildman–Crippen MR) is 113 cm³/mol. The van der Waals surface area contributed by atoms with Gasteiger partial charge in [-0.3, -0.25) is 20.2 Å². The van der Waals surface area contributed by atoms with Crippen LogP contribution in [0.1, 0.15) is 10.4 Å². The minimum atomic E-state index is -0.611. The molecular weight excluding hydrogens is 474 g/mol. The lowest BCUT2D eigenvalue weighted by molar-refractivity contribution is -0.384. The van der Waals surface area contributed by atoms with E-state index in [1.807, 2.05) is 0 Å². The number of ether oxygens (including phenoxy) is 2. The van der Waals surface area contributed by atoms with Crippen LogP contribution in [0.3, 0.4) is 0 Å². The number of anilines is 1. The Kier molecular flexibility index (Phi) is 8.12. The Morgan fingerprint density at radius 3 is 2.71 bits per heavy atom. The summed E-state index contributed by atoms with van der Waals surface area (Å²) in [5, 5.41) is 16.2. The number of benzene rings is 2. The summed E-state index contributed by atoms with van der Waals surface area (Å²) < 4.78 is 11.2. The van der Waals surface area contributed by atoms with Crippen LogP contribution in [0.2, 0.25) is 5.02 Å². The van der Waals surface area contributed by atoms with E-state index in [0.717, 1.165) is 0 Å². The monoisotopic (exact) mass is 487 g/mol. The van der Waals surface area contributed by atoms with Gasteiger partial charge >= 0.3 is 0 Å². The van der Waals surface area contributed by atoms with Crippen LogP contribution in [0.25, 0.3) is 0 Å². The molecule has 148 valence electrons. The van der Waals surface area contributed by atoms with Gasteiger partial charge in [0, 0.05) is 23.3 Å². The lowest BCUT2D eigenvalue weighted by Crippen LogP contribution is -2.34. The Morgan fingerprint density at radius 1 is 1.29 bits per heavy atom. The molecular formula is C17H15BrClN3O5S. The number of rotatable bonds is 7. The quantitative estimate of drug-likeness (QED) is 0.261. The number of carbonyl (C=O) groups is 1. The molecule has 0 unspecified atom stereocenters.